The number of nitrogens with zero attached hydrogens (tertiary/aromatic N) is 1. The van der Waals surface area contributed by atoms with Crippen molar-refractivity contribution in [2.45, 2.75) is 18.6 Å². The molecule has 2 N–H and O–H groups in total. The minimum Gasteiger partial charge on any atom is -0.465 e. The number of carbonyl (C=O) groups excluding carboxylic acids is 3. The molecular formula is C15H16BrN2O5+. The van der Waals surface area contributed by atoms with Crippen molar-refractivity contribution >= 4 is 39.3 Å². The number of likely N-dealkylation sites (tertiary alicyclic amines) is 1. The number of amides is 1. The van der Waals surface area contributed by atoms with Gasteiger partial charge >= 0.3 is 11.9 Å². The van der Waals surface area contributed by atoms with Crippen LogP contribution in [0.1, 0.15) is 16.8 Å². The summed E-state index contributed by atoms with van der Waals surface area (Å²) in [4.78, 5) is 38.3. The van der Waals surface area contributed by atoms with Crippen LogP contribution in [0, 0.1) is 0 Å². The number of halogens is 1. The second-order valence-electron chi connectivity index (χ2n) is 5.68. The molecule has 0 radical (unpaired) electrons. The first-order chi connectivity index (χ1) is 10.9. The molecule has 0 bridgehead atoms. The van der Waals surface area contributed by atoms with Crippen molar-refractivity contribution in [1.82, 2.24) is 0 Å². The molecule has 1 saturated heterocycles. The lowest BCUT2D eigenvalue weighted by atomic mass is 10.1. The van der Waals surface area contributed by atoms with Crippen LogP contribution in [0.3, 0.4) is 0 Å². The third-order valence-electron chi connectivity index (χ3n) is 4.29. The van der Waals surface area contributed by atoms with Gasteiger partial charge in [0.2, 0.25) is 0 Å². The topological polar surface area (TPSA) is 88.3 Å². The summed E-state index contributed by atoms with van der Waals surface area (Å²) in [5, 5.41) is 9.85. The second-order valence-corrected chi connectivity index (χ2v) is 6.54. The van der Waals surface area contributed by atoms with Crippen LogP contribution < -0.4 is 9.80 Å². The number of nitrogens with one attached hydrogen (secondary N) is 1. The molecule has 2 heterocycles. The number of aliphatic hydroxyl groups excluding tert-OH is 1. The van der Waals surface area contributed by atoms with Crippen molar-refractivity contribution in [3.63, 3.8) is 0 Å². The number of carbonyl (C=O) groups is 3. The van der Waals surface area contributed by atoms with Crippen LogP contribution in [0.2, 0.25) is 0 Å². The predicted molar refractivity (Wildman–Crippen MR) is 83.1 cm³/mol. The number of hydrogen-bond acceptors (Lipinski definition) is 5. The van der Waals surface area contributed by atoms with Crippen molar-refractivity contribution in [2.75, 3.05) is 25.2 Å². The Kier molecular flexibility index (Phi) is 4.22. The van der Waals surface area contributed by atoms with Crippen LogP contribution in [0.25, 0.3) is 0 Å². The second kappa shape index (κ2) is 6.03. The Labute approximate surface area is 140 Å². The van der Waals surface area contributed by atoms with E-state index in [1.165, 1.54) is 12.0 Å². The predicted octanol–water partition coefficient (Wildman–Crippen LogP) is -0.873. The summed E-state index contributed by atoms with van der Waals surface area (Å²) in [5.41, 5.74) is 0.859. The Bertz CT molecular complexity index is 692. The molecule has 2 aliphatic rings. The molecule has 7 nitrogen and oxygen atoms in total. The lowest BCUT2D eigenvalue weighted by molar-refractivity contribution is -0.903. The largest absolute Gasteiger partial charge is 0.465 e. The Balaban J connectivity index is 1.90. The van der Waals surface area contributed by atoms with Crippen LogP contribution in [0.15, 0.2) is 22.7 Å². The van der Waals surface area contributed by atoms with E-state index in [0.717, 1.165) is 0 Å². The molecule has 0 aromatic heterocycles. The van der Waals surface area contributed by atoms with Gasteiger partial charge < -0.3 is 14.7 Å². The first-order valence-corrected chi connectivity index (χ1v) is 7.98. The van der Waals surface area contributed by atoms with Gasteiger partial charge in [-0.1, -0.05) is 6.07 Å². The first kappa shape index (κ1) is 16.1. The normalized spacial score (nSPS) is 26.6. The molecule has 1 amide bonds. The molecule has 2 aliphatic heterocycles. The number of methoxy groups -OCH3 is 1. The molecule has 3 atom stereocenters. The summed E-state index contributed by atoms with van der Waals surface area (Å²) < 4.78 is 5.41. The third kappa shape index (κ3) is 2.66. The molecule has 8 heteroatoms. The zero-order valence-electron chi connectivity index (χ0n) is 12.4. The van der Waals surface area contributed by atoms with E-state index in [4.69, 9.17) is 4.74 Å². The van der Waals surface area contributed by atoms with Crippen molar-refractivity contribution in [1.29, 1.82) is 0 Å². The summed E-state index contributed by atoms with van der Waals surface area (Å²) in [6, 6.07) is 4.50. The molecule has 122 valence electrons. The van der Waals surface area contributed by atoms with E-state index in [2.05, 4.69) is 15.9 Å². The molecule has 1 aromatic carbocycles. The SMILES string of the molecule is COC(=O)[C@@H]1C[C@H](O)C[NH+]1CN1C(=O)C(=O)c2cccc(Br)c21. The maximum absolute atomic E-state index is 12.3. The lowest BCUT2D eigenvalue weighted by Gasteiger charge is -2.25. The van der Waals surface area contributed by atoms with Crippen molar-refractivity contribution in [2.24, 2.45) is 0 Å². The van der Waals surface area contributed by atoms with Crippen molar-refractivity contribution < 1.29 is 29.1 Å². The molecule has 0 spiro atoms. The fraction of sp³-hybridized carbons (Fsp3) is 0.400. The average molecular weight is 384 g/mol. The van der Waals surface area contributed by atoms with Crippen LogP contribution in [-0.2, 0) is 14.3 Å². The first-order valence-electron chi connectivity index (χ1n) is 7.19. The average Bonchev–Trinajstić information content (AvgIpc) is 3.01. The van der Waals surface area contributed by atoms with Gasteiger partial charge in [-0.25, -0.2) is 4.79 Å². The van der Waals surface area contributed by atoms with E-state index < -0.39 is 29.8 Å². The fourth-order valence-corrected chi connectivity index (χ4v) is 3.79. The summed E-state index contributed by atoms with van der Waals surface area (Å²) in [7, 11) is 1.29. The Hall–Kier alpha value is -1.77. The van der Waals surface area contributed by atoms with E-state index in [-0.39, 0.29) is 13.1 Å². The summed E-state index contributed by atoms with van der Waals surface area (Å²) >= 11 is 3.37. The third-order valence-corrected chi connectivity index (χ3v) is 4.93. The number of rotatable bonds is 3. The highest BCUT2D eigenvalue weighted by Gasteiger charge is 2.45. The van der Waals surface area contributed by atoms with Crippen LogP contribution >= 0.6 is 15.9 Å². The number of quaternary nitrogens is 1. The molecule has 3 rings (SSSR count). The van der Waals surface area contributed by atoms with Gasteiger partial charge in [0.05, 0.1) is 18.4 Å². The quantitative estimate of drug-likeness (QED) is 0.523. The van der Waals surface area contributed by atoms with Gasteiger partial charge in [0.1, 0.15) is 12.6 Å². The van der Waals surface area contributed by atoms with Gasteiger partial charge in [0.15, 0.2) is 12.7 Å². The number of para-hydroxylation sites is 1. The molecule has 1 aromatic rings. The van der Waals surface area contributed by atoms with Crippen molar-refractivity contribution in [3.05, 3.63) is 28.2 Å². The highest BCUT2D eigenvalue weighted by Crippen LogP contribution is 2.35. The molecule has 23 heavy (non-hydrogen) atoms. The summed E-state index contributed by atoms with van der Waals surface area (Å²) in [6.45, 7) is 0.439. The Morgan fingerprint density at radius 1 is 1.48 bits per heavy atom. The summed E-state index contributed by atoms with van der Waals surface area (Å²) in [5.74, 6) is -1.61. The molecular weight excluding hydrogens is 368 g/mol. The number of aliphatic hydroxyl groups is 1. The fourth-order valence-electron chi connectivity index (χ4n) is 3.21. The van der Waals surface area contributed by atoms with E-state index >= 15 is 0 Å². The molecule has 0 aliphatic carbocycles. The van der Waals surface area contributed by atoms with Gasteiger partial charge in [-0.3, -0.25) is 14.5 Å². The van der Waals surface area contributed by atoms with Gasteiger partial charge in [-0.15, -0.1) is 0 Å². The van der Waals surface area contributed by atoms with Gasteiger partial charge in [0.25, 0.3) is 5.78 Å². The van der Waals surface area contributed by atoms with E-state index in [1.807, 2.05) is 0 Å². The van der Waals surface area contributed by atoms with Crippen LogP contribution in [-0.4, -0.2) is 55.2 Å². The molecule has 1 fully saturated rings. The summed E-state index contributed by atoms with van der Waals surface area (Å²) in [6.07, 6.45) is -0.359. The minimum atomic E-state index is -0.638. The molecule has 0 saturated carbocycles. The van der Waals surface area contributed by atoms with E-state index in [0.29, 0.717) is 27.2 Å². The van der Waals surface area contributed by atoms with Crippen LogP contribution in [0.5, 0.6) is 0 Å². The standard InChI is InChI=1S/C15H15BrN2O5/c1-23-15(22)11-5-8(19)6-17(11)7-18-12-9(13(20)14(18)21)3-2-4-10(12)16/h2-4,8,11,19H,5-7H2,1H3/p+1/t8-,11-/m0/s1. The Morgan fingerprint density at radius 3 is 2.91 bits per heavy atom. The highest BCUT2D eigenvalue weighted by molar-refractivity contribution is 9.10. The zero-order valence-corrected chi connectivity index (χ0v) is 14.0. The number of ether oxygens (including phenoxy) is 1. The monoisotopic (exact) mass is 383 g/mol. The number of Topliss-reactive ketones (excluding diaryl/α,β-unsaturated/α-hetero) is 1. The Morgan fingerprint density at radius 2 is 2.22 bits per heavy atom. The number of fused-ring (bicyclic) bond motifs is 1. The number of hydrogen-bond donors (Lipinski definition) is 2. The number of anilines is 1. The molecule has 1 unspecified atom stereocenters. The smallest absolute Gasteiger partial charge is 0.364 e. The van der Waals surface area contributed by atoms with E-state index in [1.54, 1.807) is 18.2 Å². The van der Waals surface area contributed by atoms with Crippen LogP contribution in [0.4, 0.5) is 5.69 Å². The number of benzene rings is 1. The van der Waals surface area contributed by atoms with Gasteiger partial charge in [0, 0.05) is 10.9 Å². The van der Waals surface area contributed by atoms with Crippen molar-refractivity contribution in [3.8, 4) is 0 Å². The highest BCUT2D eigenvalue weighted by atomic mass is 79.9. The minimum absolute atomic E-state index is 0.122. The van der Waals surface area contributed by atoms with E-state index in [9.17, 15) is 19.5 Å². The maximum Gasteiger partial charge on any atom is 0.364 e. The zero-order chi connectivity index (χ0) is 16.7. The van der Waals surface area contributed by atoms with Gasteiger partial charge in [-0.05, 0) is 28.1 Å². The lowest BCUT2D eigenvalue weighted by Crippen LogP contribution is -3.16. The van der Waals surface area contributed by atoms with Gasteiger partial charge in [-0.2, -0.15) is 0 Å². The number of esters is 1. The number of ketones is 1. The maximum atomic E-state index is 12.3.